The standard InChI is InChI=1S/C9H10N4O2/c1-9(2,8(14)15)13-7-5-11-6(3-10)4-12-7/h4-5H,1-2H3,(H,12,13)(H,14,15). The highest BCUT2D eigenvalue weighted by Gasteiger charge is 2.27. The molecule has 0 aromatic carbocycles. The molecule has 78 valence electrons. The molecular weight excluding hydrogens is 196 g/mol. The third-order valence-corrected chi connectivity index (χ3v) is 1.74. The van der Waals surface area contributed by atoms with Gasteiger partial charge in [0.05, 0.1) is 12.4 Å². The van der Waals surface area contributed by atoms with Gasteiger partial charge in [-0.05, 0) is 13.8 Å². The van der Waals surface area contributed by atoms with E-state index in [2.05, 4.69) is 15.3 Å². The van der Waals surface area contributed by atoms with Crippen molar-refractivity contribution in [1.82, 2.24) is 9.97 Å². The van der Waals surface area contributed by atoms with E-state index in [1.54, 1.807) is 0 Å². The van der Waals surface area contributed by atoms with Crippen LogP contribution in [-0.2, 0) is 4.79 Å². The Bertz CT molecular complexity index is 405. The van der Waals surface area contributed by atoms with Crippen molar-refractivity contribution in [2.75, 3.05) is 5.32 Å². The zero-order chi connectivity index (χ0) is 11.5. The van der Waals surface area contributed by atoms with Crippen molar-refractivity contribution in [3.05, 3.63) is 18.1 Å². The molecule has 1 rings (SSSR count). The summed E-state index contributed by atoms with van der Waals surface area (Å²) in [6.45, 7) is 3.02. The maximum atomic E-state index is 10.8. The van der Waals surface area contributed by atoms with Gasteiger partial charge in [-0.3, -0.25) is 0 Å². The van der Waals surface area contributed by atoms with Crippen LogP contribution in [0.15, 0.2) is 12.4 Å². The molecule has 1 heterocycles. The molecule has 6 nitrogen and oxygen atoms in total. The van der Waals surface area contributed by atoms with Crippen molar-refractivity contribution < 1.29 is 9.90 Å². The highest BCUT2D eigenvalue weighted by Crippen LogP contribution is 2.11. The van der Waals surface area contributed by atoms with Gasteiger partial charge in [-0.1, -0.05) is 0 Å². The van der Waals surface area contributed by atoms with E-state index >= 15 is 0 Å². The fraction of sp³-hybridized carbons (Fsp3) is 0.333. The molecule has 0 bridgehead atoms. The second-order valence-electron chi connectivity index (χ2n) is 3.45. The number of aliphatic carboxylic acids is 1. The second-order valence-corrected chi connectivity index (χ2v) is 3.45. The van der Waals surface area contributed by atoms with E-state index in [1.165, 1.54) is 26.2 Å². The molecule has 15 heavy (non-hydrogen) atoms. The van der Waals surface area contributed by atoms with Crippen LogP contribution < -0.4 is 5.32 Å². The summed E-state index contributed by atoms with van der Waals surface area (Å²) in [4.78, 5) is 18.4. The number of rotatable bonds is 3. The van der Waals surface area contributed by atoms with Crippen LogP contribution in [0.25, 0.3) is 0 Å². The summed E-state index contributed by atoms with van der Waals surface area (Å²) in [5, 5.41) is 20.0. The smallest absolute Gasteiger partial charge is 0.328 e. The molecule has 1 aromatic heterocycles. The number of anilines is 1. The molecule has 2 N–H and O–H groups in total. The Labute approximate surface area is 86.6 Å². The lowest BCUT2D eigenvalue weighted by Crippen LogP contribution is -2.40. The van der Waals surface area contributed by atoms with Gasteiger partial charge in [-0.15, -0.1) is 0 Å². The van der Waals surface area contributed by atoms with E-state index in [9.17, 15) is 4.79 Å². The zero-order valence-electron chi connectivity index (χ0n) is 8.35. The molecule has 0 unspecified atom stereocenters. The molecule has 0 amide bonds. The molecule has 0 aliphatic heterocycles. The van der Waals surface area contributed by atoms with Gasteiger partial charge < -0.3 is 10.4 Å². The first-order valence-corrected chi connectivity index (χ1v) is 4.19. The fourth-order valence-electron chi connectivity index (χ4n) is 0.824. The summed E-state index contributed by atoms with van der Waals surface area (Å²) in [6.07, 6.45) is 2.60. The van der Waals surface area contributed by atoms with Crippen LogP contribution in [0, 0.1) is 11.3 Å². The topological polar surface area (TPSA) is 98.9 Å². The molecule has 0 saturated carbocycles. The summed E-state index contributed by atoms with van der Waals surface area (Å²) in [5.74, 6) is -0.671. The number of carbonyl (C=O) groups is 1. The van der Waals surface area contributed by atoms with Crippen LogP contribution in [-0.4, -0.2) is 26.6 Å². The number of hydrogen-bond acceptors (Lipinski definition) is 5. The van der Waals surface area contributed by atoms with E-state index < -0.39 is 11.5 Å². The predicted molar refractivity (Wildman–Crippen MR) is 52.1 cm³/mol. The monoisotopic (exact) mass is 206 g/mol. The van der Waals surface area contributed by atoms with Crippen molar-refractivity contribution in [2.24, 2.45) is 0 Å². The lowest BCUT2D eigenvalue weighted by atomic mass is 10.1. The van der Waals surface area contributed by atoms with E-state index in [4.69, 9.17) is 10.4 Å². The summed E-state index contributed by atoms with van der Waals surface area (Å²) < 4.78 is 0. The molecule has 1 aromatic rings. The van der Waals surface area contributed by atoms with Crippen LogP contribution in [0.2, 0.25) is 0 Å². The third-order valence-electron chi connectivity index (χ3n) is 1.74. The molecule has 0 saturated heterocycles. The number of carboxylic acid groups (broad SMARTS) is 1. The molecule has 6 heteroatoms. The quantitative estimate of drug-likeness (QED) is 0.752. The number of hydrogen-bond donors (Lipinski definition) is 2. The molecule has 0 atom stereocenters. The molecule has 0 spiro atoms. The van der Waals surface area contributed by atoms with Gasteiger partial charge in [0.2, 0.25) is 0 Å². The maximum Gasteiger partial charge on any atom is 0.328 e. The van der Waals surface area contributed by atoms with Crippen molar-refractivity contribution in [3.63, 3.8) is 0 Å². The second kappa shape index (κ2) is 3.92. The summed E-state index contributed by atoms with van der Waals surface area (Å²) in [6, 6.07) is 1.82. The van der Waals surface area contributed by atoms with Crippen LogP contribution in [0.5, 0.6) is 0 Å². The van der Waals surface area contributed by atoms with Crippen LogP contribution >= 0.6 is 0 Å². The Kier molecular flexibility index (Phi) is 2.85. The van der Waals surface area contributed by atoms with Crippen molar-refractivity contribution >= 4 is 11.8 Å². The lowest BCUT2D eigenvalue weighted by Gasteiger charge is -2.21. The van der Waals surface area contributed by atoms with E-state index in [-0.39, 0.29) is 5.69 Å². The van der Waals surface area contributed by atoms with Crippen LogP contribution in [0.1, 0.15) is 19.5 Å². The first-order valence-electron chi connectivity index (χ1n) is 4.19. The van der Waals surface area contributed by atoms with Gasteiger partial charge in [-0.2, -0.15) is 5.26 Å². The Hall–Kier alpha value is -2.16. The zero-order valence-corrected chi connectivity index (χ0v) is 8.35. The molecule has 0 aliphatic rings. The summed E-state index contributed by atoms with van der Waals surface area (Å²) in [5.41, 5.74) is -0.934. The fourth-order valence-corrected chi connectivity index (χ4v) is 0.824. The van der Waals surface area contributed by atoms with Gasteiger partial charge in [0.25, 0.3) is 0 Å². The van der Waals surface area contributed by atoms with Gasteiger partial charge >= 0.3 is 5.97 Å². The molecular formula is C9H10N4O2. The third kappa shape index (κ3) is 2.64. The van der Waals surface area contributed by atoms with Crippen LogP contribution in [0.4, 0.5) is 5.82 Å². The minimum atomic E-state index is -1.12. The normalized spacial score (nSPS) is 10.5. The minimum absolute atomic E-state index is 0.189. The number of aromatic nitrogens is 2. The highest BCUT2D eigenvalue weighted by atomic mass is 16.4. The lowest BCUT2D eigenvalue weighted by molar-refractivity contribution is -0.141. The molecule has 0 radical (unpaired) electrons. The first kappa shape index (κ1) is 10.9. The summed E-state index contributed by atoms with van der Waals surface area (Å²) in [7, 11) is 0. The predicted octanol–water partition coefficient (Wildman–Crippen LogP) is 0.623. The van der Waals surface area contributed by atoms with Gasteiger partial charge in [-0.25, -0.2) is 14.8 Å². The Morgan fingerprint density at radius 3 is 2.60 bits per heavy atom. The molecule has 0 fully saturated rings. The van der Waals surface area contributed by atoms with E-state index in [0.717, 1.165) is 0 Å². The maximum absolute atomic E-state index is 10.8. The van der Waals surface area contributed by atoms with E-state index in [1.807, 2.05) is 6.07 Å². The van der Waals surface area contributed by atoms with Gasteiger partial charge in [0.1, 0.15) is 17.4 Å². The van der Waals surface area contributed by atoms with Crippen molar-refractivity contribution in [2.45, 2.75) is 19.4 Å². The van der Waals surface area contributed by atoms with Gasteiger partial charge in [0, 0.05) is 0 Å². The Morgan fingerprint density at radius 2 is 2.20 bits per heavy atom. The Balaban J connectivity index is 2.83. The number of nitrogens with zero attached hydrogens (tertiary/aromatic N) is 3. The first-order chi connectivity index (χ1) is 6.95. The SMILES string of the molecule is CC(C)(Nc1cnc(C#N)cn1)C(=O)O. The average Bonchev–Trinajstić information content (AvgIpc) is 2.18. The summed E-state index contributed by atoms with van der Waals surface area (Å²) >= 11 is 0. The minimum Gasteiger partial charge on any atom is -0.480 e. The number of nitrogens with one attached hydrogen (secondary N) is 1. The highest BCUT2D eigenvalue weighted by molar-refractivity contribution is 5.81. The van der Waals surface area contributed by atoms with Gasteiger partial charge in [0.15, 0.2) is 5.69 Å². The number of carboxylic acids is 1. The Morgan fingerprint density at radius 1 is 1.53 bits per heavy atom. The van der Waals surface area contributed by atoms with Crippen molar-refractivity contribution in [3.8, 4) is 6.07 Å². The molecule has 0 aliphatic carbocycles. The largest absolute Gasteiger partial charge is 0.480 e. The number of nitriles is 1. The average molecular weight is 206 g/mol. The van der Waals surface area contributed by atoms with Crippen molar-refractivity contribution in [1.29, 1.82) is 5.26 Å². The van der Waals surface area contributed by atoms with E-state index in [0.29, 0.717) is 5.82 Å². The van der Waals surface area contributed by atoms with Crippen LogP contribution in [0.3, 0.4) is 0 Å².